The second-order valence-electron chi connectivity index (χ2n) is 7.41. The molecule has 6 nitrogen and oxygen atoms in total. The molecule has 6 heterocycles. The fraction of sp³-hybridized carbons (Fsp3) is 0. The van der Waals surface area contributed by atoms with Crippen molar-refractivity contribution in [1.29, 1.82) is 0 Å². The third-order valence-corrected chi connectivity index (χ3v) is 5.25. The fourth-order valence-corrected chi connectivity index (χ4v) is 3.81. The van der Waals surface area contributed by atoms with Gasteiger partial charge in [0.25, 0.3) is 0 Å². The van der Waals surface area contributed by atoms with Crippen LogP contribution in [0.4, 0.5) is 0 Å². The minimum atomic E-state index is 0.502. The molecule has 6 rings (SSSR count). The Morgan fingerprint density at radius 3 is 2.00 bits per heavy atom. The van der Waals surface area contributed by atoms with Crippen LogP contribution in [0.3, 0.4) is 0 Å². The molecule has 4 aromatic heterocycles. The maximum atomic E-state index is 13.2. The van der Waals surface area contributed by atoms with Crippen LogP contribution in [-0.4, -0.2) is 24.7 Å². The summed E-state index contributed by atoms with van der Waals surface area (Å²) in [7, 11) is 0. The van der Waals surface area contributed by atoms with Crippen molar-refractivity contribution in [3.8, 4) is 11.3 Å². The number of fused-ring (bicyclic) bond motifs is 8. The van der Waals surface area contributed by atoms with Crippen molar-refractivity contribution in [2.75, 3.05) is 0 Å². The van der Waals surface area contributed by atoms with Crippen LogP contribution in [0.5, 0.6) is 0 Å². The Labute approximate surface area is 177 Å². The van der Waals surface area contributed by atoms with E-state index < -0.39 is 0 Å². The molecule has 0 aliphatic carbocycles. The predicted octanol–water partition coefficient (Wildman–Crippen LogP) is 5.54. The van der Waals surface area contributed by atoms with Crippen LogP contribution in [0.2, 0.25) is 0 Å². The van der Waals surface area contributed by atoms with E-state index >= 15 is 0 Å². The summed E-state index contributed by atoms with van der Waals surface area (Å²) in [6.07, 6.45) is 9.40. The van der Waals surface area contributed by atoms with E-state index in [4.69, 9.17) is 0 Å². The lowest BCUT2D eigenvalue weighted by Gasteiger charge is -2.10. The number of nitrogens with zero attached hydrogens (tertiary/aromatic N) is 4. The van der Waals surface area contributed by atoms with Gasteiger partial charge in [-0.1, -0.05) is 6.07 Å². The van der Waals surface area contributed by atoms with Gasteiger partial charge in [-0.25, -0.2) is 9.97 Å². The van der Waals surface area contributed by atoms with Crippen LogP contribution >= 0.6 is 0 Å². The van der Waals surface area contributed by atoms with Crippen LogP contribution in [-0.2, 0) is 0 Å². The molecule has 6 heteroatoms. The highest BCUT2D eigenvalue weighted by atomic mass is 16.5. The normalized spacial score (nSPS) is 12.4. The first-order chi connectivity index (χ1) is 15.2. The van der Waals surface area contributed by atoms with E-state index in [1.807, 2.05) is 72.8 Å². The van der Waals surface area contributed by atoms with Gasteiger partial charge in [0.15, 0.2) is 0 Å². The molecule has 1 N–H and O–H groups in total. The molecule has 2 aliphatic rings. The second kappa shape index (κ2) is 6.81. The minimum Gasteiger partial charge on any atom is -0.805 e. The first-order valence-corrected chi connectivity index (χ1v) is 9.91. The number of hydrogen-bond donors (Lipinski definition) is 1. The van der Waals surface area contributed by atoms with E-state index in [1.165, 1.54) is 0 Å². The Morgan fingerprint density at radius 1 is 0.710 bits per heavy atom. The summed E-state index contributed by atoms with van der Waals surface area (Å²) >= 11 is 0. The zero-order chi connectivity index (χ0) is 20.8. The predicted molar refractivity (Wildman–Crippen MR) is 124 cm³/mol. The molecule has 2 aliphatic heterocycles. The lowest BCUT2D eigenvalue weighted by Crippen LogP contribution is -1.86. The molecule has 0 amide bonds. The highest BCUT2D eigenvalue weighted by Gasteiger charge is 2.09. The molecule has 0 atom stereocenters. The lowest BCUT2D eigenvalue weighted by molar-refractivity contribution is 1.20. The van der Waals surface area contributed by atoms with Crippen molar-refractivity contribution in [1.82, 2.24) is 24.7 Å². The molecule has 0 saturated carbocycles. The Balaban J connectivity index is 1.72. The van der Waals surface area contributed by atoms with Crippen molar-refractivity contribution in [2.45, 2.75) is 0 Å². The van der Waals surface area contributed by atoms with Crippen molar-refractivity contribution in [2.24, 2.45) is 0 Å². The summed E-state index contributed by atoms with van der Waals surface area (Å²) in [5.74, 6) is 0. The number of aromatic nitrogens is 5. The lowest BCUT2D eigenvalue weighted by atomic mass is 10.1. The van der Waals surface area contributed by atoms with Gasteiger partial charge in [0.05, 0.1) is 28.5 Å². The molecule has 4 aromatic rings. The smallest absolute Gasteiger partial charge is 0.0723 e. The van der Waals surface area contributed by atoms with E-state index in [1.54, 1.807) is 18.3 Å². The average Bonchev–Trinajstić information content (AvgIpc) is 3.56. The molecular weight excluding hydrogens is 386 g/mol. The number of H-pyrrole nitrogens is 1. The molecule has 31 heavy (non-hydrogen) atoms. The summed E-state index contributed by atoms with van der Waals surface area (Å²) in [5, 5.41) is 13.2. The topological polar surface area (TPSA) is 82.4 Å². The van der Waals surface area contributed by atoms with Gasteiger partial charge >= 0.3 is 0 Å². The quantitative estimate of drug-likeness (QED) is 0.392. The van der Waals surface area contributed by atoms with Crippen molar-refractivity contribution in [3.63, 3.8) is 0 Å². The fourth-order valence-electron chi connectivity index (χ4n) is 3.81. The molecule has 8 bridgehead atoms. The van der Waals surface area contributed by atoms with Gasteiger partial charge in [0.1, 0.15) is 0 Å². The number of rotatable bonds is 1. The zero-order valence-electron chi connectivity index (χ0n) is 16.4. The third-order valence-electron chi connectivity index (χ3n) is 5.25. The van der Waals surface area contributed by atoms with E-state index in [0.717, 1.165) is 44.1 Å². The maximum Gasteiger partial charge on any atom is 0.0723 e. The molecule has 0 unspecified atom stereocenters. The second-order valence-corrected chi connectivity index (χ2v) is 7.41. The SMILES string of the molecule is [O-]n1c2cc3nc(cc4ccc(cc5nc(cc1c(-c1ccccn1)c2)C=C5)[nH]4)C=C3. The number of aromatic amines is 1. The van der Waals surface area contributed by atoms with Crippen molar-refractivity contribution < 1.29 is 0 Å². The monoisotopic (exact) mass is 402 g/mol. The first-order valence-electron chi connectivity index (χ1n) is 9.91. The summed E-state index contributed by atoms with van der Waals surface area (Å²) in [5.41, 5.74) is 7.47. The van der Waals surface area contributed by atoms with E-state index in [9.17, 15) is 5.21 Å². The summed E-state index contributed by atoms with van der Waals surface area (Å²) < 4.78 is 0.919. The average molecular weight is 402 g/mol. The summed E-state index contributed by atoms with van der Waals surface area (Å²) in [6, 6.07) is 19.1. The number of pyridine rings is 1. The molecule has 148 valence electrons. The van der Waals surface area contributed by atoms with Gasteiger partial charge in [-0.2, -0.15) is 0 Å². The molecule has 0 spiro atoms. The van der Waals surface area contributed by atoms with E-state index in [0.29, 0.717) is 16.7 Å². The van der Waals surface area contributed by atoms with Gasteiger partial charge in [0, 0.05) is 33.8 Å². The molecule has 0 saturated heterocycles. The van der Waals surface area contributed by atoms with Gasteiger partial charge in [-0.15, -0.1) is 0 Å². The van der Waals surface area contributed by atoms with Crippen LogP contribution < -0.4 is 0 Å². The Morgan fingerprint density at radius 2 is 1.35 bits per heavy atom. The Bertz CT molecular complexity index is 1540. The molecule has 0 radical (unpaired) electrons. The van der Waals surface area contributed by atoms with Gasteiger partial charge in [-0.3, -0.25) is 4.98 Å². The minimum absolute atomic E-state index is 0.502. The number of nitrogens with one attached hydrogen (secondary N) is 1. The highest BCUT2D eigenvalue weighted by Crippen LogP contribution is 2.28. The molecule has 0 fully saturated rings. The van der Waals surface area contributed by atoms with Crippen molar-refractivity contribution >= 4 is 46.4 Å². The highest BCUT2D eigenvalue weighted by molar-refractivity contribution is 5.87. The van der Waals surface area contributed by atoms with E-state index in [-0.39, 0.29) is 0 Å². The molecule has 0 aromatic carbocycles. The van der Waals surface area contributed by atoms with Gasteiger partial charge in [-0.05, 0) is 78.9 Å². The Kier molecular flexibility index (Phi) is 3.83. The zero-order valence-corrected chi connectivity index (χ0v) is 16.4. The van der Waals surface area contributed by atoms with Crippen LogP contribution in [0, 0.1) is 5.21 Å². The van der Waals surface area contributed by atoms with Crippen LogP contribution in [0.25, 0.3) is 57.6 Å². The summed E-state index contributed by atoms with van der Waals surface area (Å²) in [4.78, 5) is 17.1. The summed E-state index contributed by atoms with van der Waals surface area (Å²) in [6.45, 7) is 0. The van der Waals surface area contributed by atoms with Crippen LogP contribution in [0.15, 0.2) is 66.9 Å². The van der Waals surface area contributed by atoms with Gasteiger partial charge < -0.3 is 14.9 Å². The van der Waals surface area contributed by atoms with Crippen molar-refractivity contribution in [3.05, 3.63) is 94.8 Å². The first kappa shape index (κ1) is 17.4. The maximum absolute atomic E-state index is 13.2. The molecular formula is C25H16N5O-. The standard InChI is InChI=1S/C25H16N5O/c31-30-22-13-20-8-6-18(28-20)11-16-4-5-17(27-16)12-19-7-9-21(29-19)14-25(30)23(15-22)24-3-1-2-10-26-24/h1-15,27H/q-1. The third kappa shape index (κ3) is 3.20. The Hall–Kier alpha value is -4.45. The van der Waals surface area contributed by atoms with E-state index in [2.05, 4.69) is 19.9 Å². The largest absolute Gasteiger partial charge is 0.805 e. The van der Waals surface area contributed by atoms with Crippen LogP contribution in [0.1, 0.15) is 22.8 Å². The van der Waals surface area contributed by atoms with Gasteiger partial charge in [0.2, 0.25) is 0 Å². The number of hydrogen-bond acceptors (Lipinski definition) is 4.